The Bertz CT molecular complexity index is 259. The molecular formula is C10H15BO2. The Kier molecular flexibility index (Phi) is 3.99. The average Bonchev–Trinajstić information content (AvgIpc) is 2.20. The van der Waals surface area contributed by atoms with Crippen molar-refractivity contribution in [2.24, 2.45) is 0 Å². The quantitative estimate of drug-likeness (QED) is 0.645. The van der Waals surface area contributed by atoms with Gasteiger partial charge in [0.2, 0.25) is 0 Å². The third-order valence-corrected chi connectivity index (χ3v) is 2.06. The summed E-state index contributed by atoms with van der Waals surface area (Å²) >= 11 is 0. The van der Waals surface area contributed by atoms with E-state index < -0.39 is 0 Å². The highest BCUT2D eigenvalue weighted by atomic mass is 16.6. The van der Waals surface area contributed by atoms with Crippen molar-refractivity contribution in [1.29, 1.82) is 0 Å². The fourth-order valence-electron chi connectivity index (χ4n) is 1.33. The van der Waals surface area contributed by atoms with Crippen molar-refractivity contribution in [2.75, 3.05) is 14.2 Å². The molecule has 3 heteroatoms. The summed E-state index contributed by atoms with van der Waals surface area (Å²) in [5.74, 6) is 0. The molecule has 1 aromatic carbocycles. The van der Waals surface area contributed by atoms with Crippen LogP contribution in [0.5, 0.6) is 0 Å². The molecule has 13 heavy (non-hydrogen) atoms. The first-order valence-electron chi connectivity index (χ1n) is 4.46. The minimum atomic E-state index is -0.244. The smallest absolute Gasteiger partial charge is 0.410 e. The topological polar surface area (TPSA) is 18.5 Å². The molecule has 0 heterocycles. The molecule has 0 amide bonds. The van der Waals surface area contributed by atoms with Crippen LogP contribution in [0, 0.1) is 0 Å². The number of benzene rings is 1. The van der Waals surface area contributed by atoms with E-state index in [1.54, 1.807) is 14.2 Å². The van der Waals surface area contributed by atoms with Crippen molar-refractivity contribution in [3.63, 3.8) is 0 Å². The first kappa shape index (κ1) is 10.3. The summed E-state index contributed by atoms with van der Waals surface area (Å²) in [5.41, 5.74) is 2.38. The fraction of sp³-hybridized carbons (Fsp3) is 0.400. The van der Waals surface area contributed by atoms with Crippen LogP contribution < -0.4 is 5.46 Å². The lowest BCUT2D eigenvalue weighted by molar-refractivity contribution is 0.292. The van der Waals surface area contributed by atoms with Gasteiger partial charge in [0.05, 0.1) is 0 Å². The van der Waals surface area contributed by atoms with E-state index in [0.29, 0.717) is 0 Å². The first-order chi connectivity index (χ1) is 6.31. The maximum absolute atomic E-state index is 5.16. The van der Waals surface area contributed by atoms with Gasteiger partial charge >= 0.3 is 7.12 Å². The lowest BCUT2D eigenvalue weighted by Gasteiger charge is -2.09. The van der Waals surface area contributed by atoms with Gasteiger partial charge in [0.1, 0.15) is 0 Å². The molecule has 0 aliphatic heterocycles. The molecule has 0 spiro atoms. The minimum absolute atomic E-state index is 0.244. The van der Waals surface area contributed by atoms with E-state index in [0.717, 1.165) is 11.9 Å². The Balaban J connectivity index is 2.86. The highest BCUT2D eigenvalue weighted by Crippen LogP contribution is 1.99. The van der Waals surface area contributed by atoms with Crippen molar-refractivity contribution < 1.29 is 9.31 Å². The summed E-state index contributed by atoms with van der Waals surface area (Å²) in [6, 6.07) is 8.25. The molecule has 0 N–H and O–H groups in total. The van der Waals surface area contributed by atoms with Crippen LogP contribution in [0.4, 0.5) is 0 Å². The number of hydrogen-bond donors (Lipinski definition) is 0. The molecule has 0 unspecified atom stereocenters. The number of hydrogen-bond acceptors (Lipinski definition) is 2. The number of rotatable bonds is 4. The minimum Gasteiger partial charge on any atom is -0.410 e. The molecule has 0 aliphatic rings. The Hall–Kier alpha value is -0.795. The van der Waals surface area contributed by atoms with Gasteiger partial charge in [-0.05, 0) is 17.4 Å². The van der Waals surface area contributed by atoms with Crippen LogP contribution in [0.25, 0.3) is 0 Å². The van der Waals surface area contributed by atoms with Gasteiger partial charge in [0, 0.05) is 14.2 Å². The van der Waals surface area contributed by atoms with Crippen molar-refractivity contribution in [3.8, 4) is 0 Å². The van der Waals surface area contributed by atoms with Gasteiger partial charge in [-0.15, -0.1) is 0 Å². The second-order valence-corrected chi connectivity index (χ2v) is 2.90. The fourth-order valence-corrected chi connectivity index (χ4v) is 1.33. The van der Waals surface area contributed by atoms with E-state index in [4.69, 9.17) is 9.31 Å². The second kappa shape index (κ2) is 5.05. The Morgan fingerprint density at radius 1 is 1.23 bits per heavy atom. The van der Waals surface area contributed by atoms with Crippen LogP contribution in [0.15, 0.2) is 24.3 Å². The van der Waals surface area contributed by atoms with Crippen molar-refractivity contribution in [1.82, 2.24) is 0 Å². The molecular weight excluding hydrogens is 163 g/mol. The van der Waals surface area contributed by atoms with Gasteiger partial charge in [0.25, 0.3) is 0 Å². The predicted molar refractivity (Wildman–Crippen MR) is 55.2 cm³/mol. The maximum atomic E-state index is 5.16. The summed E-state index contributed by atoms with van der Waals surface area (Å²) < 4.78 is 10.3. The molecule has 0 fully saturated rings. The SMILES string of the molecule is CCc1cccc(B(OC)OC)c1. The monoisotopic (exact) mass is 178 g/mol. The summed E-state index contributed by atoms with van der Waals surface area (Å²) in [4.78, 5) is 0. The van der Waals surface area contributed by atoms with E-state index in [-0.39, 0.29) is 7.12 Å². The molecule has 0 bridgehead atoms. The van der Waals surface area contributed by atoms with Gasteiger partial charge in [-0.1, -0.05) is 31.2 Å². The molecule has 1 aromatic rings. The van der Waals surface area contributed by atoms with E-state index in [1.165, 1.54) is 5.56 Å². The summed E-state index contributed by atoms with van der Waals surface area (Å²) in [6.45, 7) is 2.13. The standard InChI is InChI=1S/C10H15BO2/c1-4-9-6-5-7-10(8-9)11(12-2)13-3/h5-8H,4H2,1-3H3. The van der Waals surface area contributed by atoms with Crippen molar-refractivity contribution in [2.45, 2.75) is 13.3 Å². The molecule has 0 aliphatic carbocycles. The zero-order chi connectivity index (χ0) is 9.68. The average molecular weight is 178 g/mol. The predicted octanol–water partition coefficient (Wildman–Crippen LogP) is 1.24. The molecule has 2 nitrogen and oxygen atoms in total. The molecule has 1 rings (SSSR count). The lowest BCUT2D eigenvalue weighted by Crippen LogP contribution is -2.34. The largest absolute Gasteiger partial charge is 0.493 e. The van der Waals surface area contributed by atoms with Gasteiger partial charge in [-0.3, -0.25) is 0 Å². The number of aryl methyl sites for hydroxylation is 1. The van der Waals surface area contributed by atoms with Crippen LogP contribution >= 0.6 is 0 Å². The van der Waals surface area contributed by atoms with Gasteiger partial charge in [0.15, 0.2) is 0 Å². The van der Waals surface area contributed by atoms with Gasteiger partial charge in [-0.25, -0.2) is 0 Å². The Morgan fingerprint density at radius 2 is 1.92 bits per heavy atom. The van der Waals surface area contributed by atoms with Crippen LogP contribution in [0.3, 0.4) is 0 Å². The maximum Gasteiger partial charge on any atom is 0.493 e. The van der Waals surface area contributed by atoms with E-state index in [9.17, 15) is 0 Å². The van der Waals surface area contributed by atoms with Crippen molar-refractivity contribution >= 4 is 12.6 Å². The molecule has 0 radical (unpaired) electrons. The van der Waals surface area contributed by atoms with E-state index >= 15 is 0 Å². The summed E-state index contributed by atoms with van der Waals surface area (Å²) in [6.07, 6.45) is 1.04. The Morgan fingerprint density at radius 3 is 2.46 bits per heavy atom. The normalized spacial score (nSPS) is 10.1. The van der Waals surface area contributed by atoms with E-state index in [1.807, 2.05) is 12.1 Å². The highest BCUT2D eigenvalue weighted by Gasteiger charge is 2.17. The molecule has 70 valence electrons. The van der Waals surface area contributed by atoms with Gasteiger partial charge < -0.3 is 9.31 Å². The zero-order valence-corrected chi connectivity index (χ0v) is 8.41. The van der Waals surface area contributed by atoms with Crippen LogP contribution in [-0.2, 0) is 15.7 Å². The lowest BCUT2D eigenvalue weighted by atomic mass is 9.78. The first-order valence-corrected chi connectivity index (χ1v) is 4.46. The van der Waals surface area contributed by atoms with Gasteiger partial charge in [-0.2, -0.15) is 0 Å². The highest BCUT2D eigenvalue weighted by molar-refractivity contribution is 6.61. The Labute approximate surface area is 80.0 Å². The summed E-state index contributed by atoms with van der Waals surface area (Å²) in [7, 11) is 3.05. The van der Waals surface area contributed by atoms with Crippen LogP contribution in [0.2, 0.25) is 0 Å². The van der Waals surface area contributed by atoms with E-state index in [2.05, 4.69) is 19.1 Å². The van der Waals surface area contributed by atoms with Crippen molar-refractivity contribution in [3.05, 3.63) is 29.8 Å². The summed E-state index contributed by atoms with van der Waals surface area (Å²) in [5, 5.41) is 0. The molecule has 0 aromatic heterocycles. The second-order valence-electron chi connectivity index (χ2n) is 2.90. The molecule has 0 atom stereocenters. The van der Waals surface area contributed by atoms with Crippen LogP contribution in [0.1, 0.15) is 12.5 Å². The third-order valence-electron chi connectivity index (χ3n) is 2.06. The molecule has 0 saturated carbocycles. The molecule has 0 saturated heterocycles. The van der Waals surface area contributed by atoms with Crippen LogP contribution in [-0.4, -0.2) is 21.3 Å². The third kappa shape index (κ3) is 2.57. The zero-order valence-electron chi connectivity index (χ0n) is 8.41.